The quantitative estimate of drug-likeness (QED) is 0.792. The van der Waals surface area contributed by atoms with E-state index < -0.39 is 0 Å². The van der Waals surface area contributed by atoms with Gasteiger partial charge < -0.3 is 5.32 Å². The summed E-state index contributed by atoms with van der Waals surface area (Å²) in [5.74, 6) is 0.586. The van der Waals surface area contributed by atoms with Crippen molar-refractivity contribution < 1.29 is 0 Å². The minimum atomic E-state index is -0.319. The molecule has 0 saturated heterocycles. The summed E-state index contributed by atoms with van der Waals surface area (Å²) in [4.78, 5) is 16.9. The van der Waals surface area contributed by atoms with Crippen molar-refractivity contribution in [2.45, 2.75) is 20.3 Å². The van der Waals surface area contributed by atoms with E-state index in [1.807, 2.05) is 43.3 Å². The van der Waals surface area contributed by atoms with Crippen LogP contribution in [0.25, 0.3) is 16.6 Å². The molecule has 5 heteroatoms. The number of anilines is 1. The van der Waals surface area contributed by atoms with E-state index in [1.54, 1.807) is 11.6 Å². The Morgan fingerprint density at radius 3 is 2.65 bits per heavy atom. The molecule has 0 bridgehead atoms. The number of nitrogens with zero attached hydrogens (tertiary/aromatic N) is 2. The summed E-state index contributed by atoms with van der Waals surface area (Å²) in [6, 6.07) is 11.5. The summed E-state index contributed by atoms with van der Waals surface area (Å²) < 4.78 is 1.64. The predicted octanol–water partition coefficient (Wildman–Crippen LogP) is 3.95. The number of hydrogen-bond acceptors (Lipinski definition) is 3. The van der Waals surface area contributed by atoms with Crippen molar-refractivity contribution in [3.05, 3.63) is 63.0 Å². The van der Waals surface area contributed by atoms with Gasteiger partial charge in [0.15, 0.2) is 0 Å². The van der Waals surface area contributed by atoms with Gasteiger partial charge in [-0.15, -0.1) is 0 Å². The average Bonchev–Trinajstić information content (AvgIpc) is 2.54. The van der Waals surface area contributed by atoms with Crippen LogP contribution in [0, 0.1) is 6.92 Å². The summed E-state index contributed by atoms with van der Waals surface area (Å²) in [6.45, 7) is 4.04. The Hall–Kier alpha value is -2.33. The van der Waals surface area contributed by atoms with Crippen molar-refractivity contribution in [3.8, 4) is 5.69 Å². The summed E-state index contributed by atoms with van der Waals surface area (Å²) in [6.07, 6.45) is 0.805. The van der Waals surface area contributed by atoms with E-state index in [0.29, 0.717) is 10.8 Å². The van der Waals surface area contributed by atoms with Crippen LogP contribution in [-0.4, -0.2) is 16.6 Å². The Bertz CT molecular complexity index is 947. The monoisotopic (exact) mass is 327 g/mol. The Morgan fingerprint density at radius 2 is 2.00 bits per heavy atom. The normalized spacial score (nSPS) is 11.0. The van der Waals surface area contributed by atoms with Gasteiger partial charge in [0.1, 0.15) is 5.82 Å². The van der Waals surface area contributed by atoms with E-state index in [4.69, 9.17) is 11.6 Å². The van der Waals surface area contributed by atoms with Gasteiger partial charge in [-0.1, -0.05) is 36.7 Å². The molecule has 2 aromatic carbocycles. The topological polar surface area (TPSA) is 46.9 Å². The van der Waals surface area contributed by atoms with Crippen molar-refractivity contribution in [3.63, 3.8) is 0 Å². The van der Waals surface area contributed by atoms with Gasteiger partial charge in [0.05, 0.1) is 11.2 Å². The van der Waals surface area contributed by atoms with Crippen LogP contribution < -0.4 is 11.0 Å². The fourth-order valence-corrected chi connectivity index (χ4v) is 3.14. The molecule has 1 heterocycles. The molecule has 3 aromatic rings. The molecule has 1 aromatic heterocycles. The van der Waals surface area contributed by atoms with E-state index in [1.165, 1.54) is 0 Å². The average molecular weight is 328 g/mol. The van der Waals surface area contributed by atoms with E-state index in [-0.39, 0.29) is 5.69 Å². The first kappa shape index (κ1) is 15.6. The number of halogens is 1. The van der Waals surface area contributed by atoms with Crippen molar-refractivity contribution in [1.82, 2.24) is 9.55 Å². The first-order valence-electron chi connectivity index (χ1n) is 7.55. The van der Waals surface area contributed by atoms with E-state index >= 15 is 0 Å². The number of benzene rings is 2. The van der Waals surface area contributed by atoms with Crippen molar-refractivity contribution in [2.24, 2.45) is 0 Å². The number of rotatable bonds is 3. The zero-order valence-electron chi connectivity index (χ0n) is 13.4. The van der Waals surface area contributed by atoms with Crippen LogP contribution in [0.15, 0.2) is 41.2 Å². The Balaban J connectivity index is 2.53. The molecule has 0 aliphatic carbocycles. The van der Waals surface area contributed by atoms with Crippen LogP contribution in [0.1, 0.15) is 18.1 Å². The molecule has 1 N–H and O–H groups in total. The smallest absolute Gasteiger partial charge is 0.354 e. The van der Waals surface area contributed by atoms with E-state index in [9.17, 15) is 4.79 Å². The van der Waals surface area contributed by atoms with E-state index in [0.717, 1.165) is 34.1 Å². The highest BCUT2D eigenvalue weighted by molar-refractivity contribution is 6.31. The molecular weight excluding hydrogens is 310 g/mol. The molecule has 3 rings (SSSR count). The van der Waals surface area contributed by atoms with Gasteiger partial charge in [-0.2, -0.15) is 4.98 Å². The first-order valence-corrected chi connectivity index (χ1v) is 7.93. The lowest BCUT2D eigenvalue weighted by molar-refractivity contribution is 0.949. The maximum Gasteiger partial charge on any atom is 0.354 e. The molecule has 23 heavy (non-hydrogen) atoms. The minimum absolute atomic E-state index is 0.319. The maximum atomic E-state index is 12.6. The second-order valence-corrected chi connectivity index (χ2v) is 5.86. The summed E-state index contributed by atoms with van der Waals surface area (Å²) in [5, 5.41) is 4.58. The Labute approximate surface area is 139 Å². The second-order valence-electron chi connectivity index (χ2n) is 5.43. The largest absolute Gasteiger partial charge is 0.372 e. The molecule has 0 radical (unpaired) electrons. The Kier molecular flexibility index (Phi) is 4.09. The standard InChI is InChI=1S/C18H18ClN3O/c1-4-12-9-13(19)10-15-16(12)17(20-3)21-18(23)22(15)14-8-6-5-7-11(14)2/h5-10H,4H2,1-3H3,(H,20,21,23). The summed E-state index contributed by atoms with van der Waals surface area (Å²) in [7, 11) is 1.77. The zero-order valence-corrected chi connectivity index (χ0v) is 14.1. The number of fused-ring (bicyclic) bond motifs is 1. The van der Waals surface area contributed by atoms with Gasteiger partial charge in [-0.3, -0.25) is 4.57 Å². The van der Waals surface area contributed by atoms with Crippen LogP contribution >= 0.6 is 11.6 Å². The molecule has 0 spiro atoms. The number of para-hydroxylation sites is 1. The highest BCUT2D eigenvalue weighted by Gasteiger charge is 2.16. The number of aryl methyl sites for hydroxylation is 2. The highest BCUT2D eigenvalue weighted by atomic mass is 35.5. The lowest BCUT2D eigenvalue weighted by Crippen LogP contribution is -2.24. The minimum Gasteiger partial charge on any atom is -0.372 e. The molecule has 0 atom stereocenters. The lowest BCUT2D eigenvalue weighted by atomic mass is 10.1. The maximum absolute atomic E-state index is 12.6. The molecule has 0 amide bonds. The van der Waals surface area contributed by atoms with Crippen LogP contribution in [0.2, 0.25) is 5.02 Å². The molecule has 118 valence electrons. The third-order valence-electron chi connectivity index (χ3n) is 4.01. The number of nitrogens with one attached hydrogen (secondary N) is 1. The van der Waals surface area contributed by atoms with Crippen molar-refractivity contribution in [2.75, 3.05) is 12.4 Å². The zero-order chi connectivity index (χ0) is 16.6. The van der Waals surface area contributed by atoms with Crippen molar-refractivity contribution >= 4 is 28.3 Å². The summed E-state index contributed by atoms with van der Waals surface area (Å²) in [5.41, 5.74) is 3.34. The third kappa shape index (κ3) is 2.59. The molecule has 0 saturated carbocycles. The van der Waals surface area contributed by atoms with Crippen molar-refractivity contribution in [1.29, 1.82) is 0 Å². The molecule has 0 fully saturated rings. The highest BCUT2D eigenvalue weighted by Crippen LogP contribution is 2.30. The first-order chi connectivity index (χ1) is 11.1. The van der Waals surface area contributed by atoms with Gasteiger partial charge in [0, 0.05) is 17.5 Å². The summed E-state index contributed by atoms with van der Waals surface area (Å²) >= 11 is 6.29. The Morgan fingerprint density at radius 1 is 1.26 bits per heavy atom. The molecule has 0 unspecified atom stereocenters. The predicted molar refractivity (Wildman–Crippen MR) is 96.0 cm³/mol. The van der Waals surface area contributed by atoms with Gasteiger partial charge >= 0.3 is 5.69 Å². The molecule has 0 aliphatic rings. The number of hydrogen-bond donors (Lipinski definition) is 1. The third-order valence-corrected chi connectivity index (χ3v) is 4.23. The molecular formula is C18H18ClN3O. The van der Waals surface area contributed by atoms with Gasteiger partial charge in [-0.25, -0.2) is 4.79 Å². The number of aromatic nitrogens is 2. The second kappa shape index (κ2) is 6.05. The lowest BCUT2D eigenvalue weighted by Gasteiger charge is -2.16. The fourth-order valence-electron chi connectivity index (χ4n) is 2.91. The molecule has 0 aliphatic heterocycles. The van der Waals surface area contributed by atoms with Crippen LogP contribution in [0.4, 0.5) is 5.82 Å². The SMILES string of the molecule is CCc1cc(Cl)cc2c1c(NC)nc(=O)n2-c1ccccc1C. The van der Waals surface area contributed by atoms with Gasteiger partial charge in [0.2, 0.25) is 0 Å². The molecule has 4 nitrogen and oxygen atoms in total. The van der Waals surface area contributed by atoms with Gasteiger partial charge in [0.25, 0.3) is 0 Å². The van der Waals surface area contributed by atoms with E-state index in [2.05, 4.69) is 17.2 Å². The van der Waals surface area contributed by atoms with Crippen LogP contribution in [0.5, 0.6) is 0 Å². The fraction of sp³-hybridized carbons (Fsp3) is 0.222. The van der Waals surface area contributed by atoms with Crippen LogP contribution in [0.3, 0.4) is 0 Å². The van der Waals surface area contributed by atoms with Crippen LogP contribution in [-0.2, 0) is 6.42 Å². The van der Waals surface area contributed by atoms with Gasteiger partial charge in [-0.05, 0) is 42.7 Å².